The molecule has 0 saturated heterocycles. The maximum Gasteiger partial charge on any atom is 0.224 e. The van der Waals surface area contributed by atoms with Gasteiger partial charge in [-0.25, -0.2) is 0 Å². The van der Waals surface area contributed by atoms with E-state index >= 15 is 0 Å². The Kier molecular flexibility index (Phi) is 14.4. The van der Waals surface area contributed by atoms with Gasteiger partial charge in [0.15, 0.2) is 0 Å². The van der Waals surface area contributed by atoms with Crippen molar-refractivity contribution in [3.05, 3.63) is 12.2 Å². The summed E-state index contributed by atoms with van der Waals surface area (Å²) in [6.45, 7) is 12.6. The molecule has 0 spiro atoms. The van der Waals surface area contributed by atoms with Crippen molar-refractivity contribution in [1.29, 1.82) is 0 Å². The van der Waals surface area contributed by atoms with Crippen molar-refractivity contribution in [2.45, 2.75) is 41.0 Å². The molecule has 0 aliphatic carbocycles. The zero-order valence-electron chi connectivity index (χ0n) is 12.4. The van der Waals surface area contributed by atoms with Gasteiger partial charge >= 0.3 is 0 Å². The van der Waals surface area contributed by atoms with Gasteiger partial charge in [0.05, 0.1) is 5.92 Å². The molecule has 0 aromatic heterocycles. The molecule has 1 N–H and O–H groups in total. The Bertz CT molecular complexity index is 208. The number of carbonyl (C=O) groups excluding carboxylic acids is 1. The van der Waals surface area contributed by atoms with Gasteiger partial charge in [-0.15, -0.1) is 0 Å². The number of nitrogens with zero attached hydrogens (tertiary/aromatic N) is 1. The fourth-order valence-electron chi connectivity index (χ4n) is 1.32. The molecule has 0 fully saturated rings. The van der Waals surface area contributed by atoms with Crippen LogP contribution < -0.4 is 5.32 Å². The quantitative estimate of drug-likeness (QED) is 0.698. The molecule has 1 amide bonds. The monoisotopic (exact) mass is 244 g/mol. The van der Waals surface area contributed by atoms with Crippen LogP contribution in [0.3, 0.4) is 0 Å². The normalized spacial score (nSPS) is 12.2. The average Bonchev–Trinajstić information content (AvgIpc) is 2.38. The zero-order chi connectivity index (χ0) is 13.7. The maximum absolute atomic E-state index is 11.7. The lowest BCUT2D eigenvalue weighted by molar-refractivity contribution is -0.125. The number of hydrogen-bond acceptors (Lipinski definition) is 2. The first-order valence-electron chi connectivity index (χ1n) is 6.73. The van der Waals surface area contributed by atoms with E-state index in [1.807, 2.05) is 40.0 Å². The number of hydrogen-bond donors (Lipinski definition) is 1. The van der Waals surface area contributed by atoms with Gasteiger partial charge in [0, 0.05) is 14.5 Å². The van der Waals surface area contributed by atoms with E-state index in [1.165, 1.54) is 0 Å². The van der Waals surface area contributed by atoms with Crippen LogP contribution in [0.25, 0.3) is 0 Å². The van der Waals surface area contributed by atoms with Crippen LogP contribution in [0.5, 0.6) is 0 Å². The highest BCUT2D eigenvalue weighted by atomic mass is 16.1. The Morgan fingerprint density at radius 3 is 2.41 bits per heavy atom. The van der Waals surface area contributed by atoms with Crippen molar-refractivity contribution in [3.63, 3.8) is 0 Å². The third-order valence-electron chi connectivity index (χ3n) is 2.57. The van der Waals surface area contributed by atoms with Crippen LogP contribution in [0.2, 0.25) is 0 Å². The highest BCUT2D eigenvalue weighted by Gasteiger charge is 2.16. The molecule has 3 heteroatoms. The molecule has 0 radical (unpaired) electrons. The van der Waals surface area contributed by atoms with Crippen LogP contribution >= 0.6 is 0 Å². The number of rotatable bonds is 7. The van der Waals surface area contributed by atoms with Crippen molar-refractivity contribution in [2.24, 2.45) is 5.92 Å². The summed E-state index contributed by atoms with van der Waals surface area (Å²) >= 11 is 0. The minimum atomic E-state index is 0. The molecule has 104 valence electrons. The lowest BCUT2D eigenvalue weighted by Gasteiger charge is -2.20. The Hall–Kier alpha value is -0.830. The van der Waals surface area contributed by atoms with Gasteiger partial charge < -0.3 is 10.2 Å². The summed E-state index contributed by atoms with van der Waals surface area (Å²) in [6, 6.07) is 0. The van der Waals surface area contributed by atoms with E-state index in [2.05, 4.69) is 24.1 Å². The predicted octanol–water partition coefficient (Wildman–Crippen LogP) is 2.93. The Morgan fingerprint density at radius 2 is 2.00 bits per heavy atom. The van der Waals surface area contributed by atoms with Crippen molar-refractivity contribution >= 4 is 5.91 Å². The molecule has 1 unspecified atom stereocenters. The molecular formula is C14H32N2O. The van der Waals surface area contributed by atoms with Gasteiger partial charge in [0.25, 0.3) is 0 Å². The van der Waals surface area contributed by atoms with E-state index in [0.717, 1.165) is 19.5 Å². The zero-order valence-corrected chi connectivity index (χ0v) is 12.4. The molecule has 0 aliphatic rings. The van der Waals surface area contributed by atoms with E-state index in [-0.39, 0.29) is 13.3 Å². The van der Waals surface area contributed by atoms with Gasteiger partial charge in [-0.3, -0.25) is 4.79 Å². The van der Waals surface area contributed by atoms with Crippen LogP contribution in [0.1, 0.15) is 42.5 Å². The third kappa shape index (κ3) is 10.1. The second-order valence-electron chi connectivity index (χ2n) is 3.77. The van der Waals surface area contributed by atoms with E-state index < -0.39 is 0 Å². The van der Waals surface area contributed by atoms with Gasteiger partial charge in [0.1, 0.15) is 0 Å². The molecule has 0 rings (SSSR count). The smallest absolute Gasteiger partial charge is 0.224 e. The van der Waals surface area contributed by atoms with Gasteiger partial charge in [-0.1, -0.05) is 39.8 Å². The van der Waals surface area contributed by atoms with E-state index in [0.29, 0.717) is 6.54 Å². The van der Waals surface area contributed by atoms with Crippen molar-refractivity contribution in [2.75, 3.05) is 26.7 Å². The number of carbonyl (C=O) groups is 1. The molecule has 1 atom stereocenters. The Labute approximate surface area is 109 Å². The molecule has 0 saturated carbocycles. The third-order valence-corrected chi connectivity index (χ3v) is 2.57. The van der Waals surface area contributed by atoms with Crippen LogP contribution in [0, 0.1) is 5.92 Å². The molecule has 0 bridgehead atoms. The fourth-order valence-corrected chi connectivity index (χ4v) is 1.32. The van der Waals surface area contributed by atoms with Crippen LogP contribution in [-0.2, 0) is 4.79 Å². The van der Waals surface area contributed by atoms with E-state index in [9.17, 15) is 4.79 Å². The topological polar surface area (TPSA) is 32.3 Å². The molecule has 3 nitrogen and oxygen atoms in total. The number of amides is 1. The Balaban J connectivity index is -0.000000709. The van der Waals surface area contributed by atoms with Crippen LogP contribution in [-0.4, -0.2) is 37.5 Å². The lowest BCUT2D eigenvalue weighted by Crippen LogP contribution is -2.37. The second-order valence-corrected chi connectivity index (χ2v) is 3.77. The first kappa shape index (κ1) is 18.5. The SMILES string of the molecule is C/C=C/CNC(=O)C(CC)CN(C)CC.CC.[HH]. The van der Waals surface area contributed by atoms with Gasteiger partial charge in [-0.2, -0.15) is 0 Å². The molecule has 17 heavy (non-hydrogen) atoms. The first-order valence-corrected chi connectivity index (χ1v) is 6.73. The molecule has 0 aromatic carbocycles. The van der Waals surface area contributed by atoms with Crippen molar-refractivity contribution in [1.82, 2.24) is 10.2 Å². The Morgan fingerprint density at radius 1 is 1.41 bits per heavy atom. The molecule has 0 heterocycles. The van der Waals surface area contributed by atoms with E-state index in [1.54, 1.807) is 0 Å². The molecule has 0 aliphatic heterocycles. The summed E-state index contributed by atoms with van der Waals surface area (Å²) < 4.78 is 0. The van der Waals surface area contributed by atoms with Crippen LogP contribution in [0.15, 0.2) is 12.2 Å². The highest BCUT2D eigenvalue weighted by molar-refractivity contribution is 5.78. The minimum absolute atomic E-state index is 0. The lowest BCUT2D eigenvalue weighted by atomic mass is 10.1. The maximum atomic E-state index is 11.7. The largest absolute Gasteiger partial charge is 0.352 e. The van der Waals surface area contributed by atoms with Gasteiger partial charge in [0.2, 0.25) is 5.91 Å². The average molecular weight is 244 g/mol. The summed E-state index contributed by atoms with van der Waals surface area (Å²) in [4.78, 5) is 13.9. The van der Waals surface area contributed by atoms with Crippen molar-refractivity contribution in [3.8, 4) is 0 Å². The first-order chi connectivity index (χ1) is 8.15. The van der Waals surface area contributed by atoms with E-state index in [4.69, 9.17) is 0 Å². The summed E-state index contributed by atoms with van der Waals surface area (Å²) in [5.74, 6) is 0.274. The summed E-state index contributed by atoms with van der Waals surface area (Å²) in [5.41, 5.74) is 0. The fraction of sp³-hybridized carbons (Fsp3) is 0.786. The number of nitrogens with one attached hydrogen (secondary N) is 1. The number of allylic oxidation sites excluding steroid dienone is 1. The summed E-state index contributed by atoms with van der Waals surface area (Å²) in [6.07, 6.45) is 4.79. The summed E-state index contributed by atoms with van der Waals surface area (Å²) in [7, 11) is 2.04. The van der Waals surface area contributed by atoms with Gasteiger partial charge in [-0.05, 0) is 26.9 Å². The summed E-state index contributed by atoms with van der Waals surface area (Å²) in [5, 5.41) is 2.91. The minimum Gasteiger partial charge on any atom is -0.352 e. The second kappa shape index (κ2) is 13.2. The standard InChI is InChI=1S/C12H24N2O.C2H6.H2/c1-5-8-9-13-12(15)11(6-2)10-14(4)7-3;1-2;/h5,8,11H,6-7,9-10H2,1-4H3,(H,13,15);1-2H3;1H/b8-5+;;. The van der Waals surface area contributed by atoms with Crippen LogP contribution in [0.4, 0.5) is 0 Å². The molecule has 0 aromatic rings. The predicted molar refractivity (Wildman–Crippen MR) is 78.2 cm³/mol. The highest BCUT2D eigenvalue weighted by Crippen LogP contribution is 2.04. The van der Waals surface area contributed by atoms with Crippen molar-refractivity contribution < 1.29 is 6.22 Å². The molecular weight excluding hydrogens is 212 g/mol.